The lowest BCUT2D eigenvalue weighted by molar-refractivity contribution is 0.131. The van der Waals surface area contributed by atoms with Crippen LogP contribution in [0.3, 0.4) is 0 Å². The van der Waals surface area contributed by atoms with Gasteiger partial charge in [0.15, 0.2) is 0 Å². The fourth-order valence-electron chi connectivity index (χ4n) is 2.91. The molecule has 80 valence electrons. The van der Waals surface area contributed by atoms with Gasteiger partial charge in [0, 0.05) is 19.1 Å². The van der Waals surface area contributed by atoms with E-state index in [4.69, 9.17) is 0 Å². The van der Waals surface area contributed by atoms with Crippen LogP contribution in [-0.4, -0.2) is 29.2 Å². The van der Waals surface area contributed by atoms with Gasteiger partial charge in [0.1, 0.15) is 0 Å². The lowest BCUT2D eigenvalue weighted by Gasteiger charge is -2.25. The number of nitrogens with zero attached hydrogens (tertiary/aromatic N) is 1. The van der Waals surface area contributed by atoms with Crippen molar-refractivity contribution in [3.05, 3.63) is 35.9 Å². The molecule has 0 radical (unpaired) electrons. The Bertz CT molecular complexity index is 338. The highest BCUT2D eigenvalue weighted by Crippen LogP contribution is 2.49. The van der Waals surface area contributed by atoms with Crippen LogP contribution in [0.15, 0.2) is 30.3 Å². The van der Waals surface area contributed by atoms with Gasteiger partial charge in [-0.05, 0) is 23.8 Å². The fraction of sp³-hybridized carbons (Fsp3) is 0.538. The molecule has 1 aliphatic heterocycles. The highest BCUT2D eigenvalue weighted by molar-refractivity contribution is 5.16. The van der Waals surface area contributed by atoms with Gasteiger partial charge in [-0.3, -0.25) is 4.90 Å². The molecule has 3 atom stereocenters. The number of aliphatic hydroxyl groups excluding tert-OH is 1. The van der Waals surface area contributed by atoms with E-state index in [-0.39, 0.29) is 0 Å². The summed E-state index contributed by atoms with van der Waals surface area (Å²) >= 11 is 0. The van der Waals surface area contributed by atoms with Crippen molar-refractivity contribution in [2.24, 2.45) is 11.8 Å². The Morgan fingerprint density at radius 3 is 2.80 bits per heavy atom. The maximum absolute atomic E-state index is 9.37. The van der Waals surface area contributed by atoms with Gasteiger partial charge in [-0.25, -0.2) is 0 Å². The van der Waals surface area contributed by atoms with E-state index < -0.39 is 0 Å². The molecule has 15 heavy (non-hydrogen) atoms. The van der Waals surface area contributed by atoms with Gasteiger partial charge in [0.25, 0.3) is 0 Å². The second-order valence-corrected chi connectivity index (χ2v) is 4.82. The predicted octanol–water partition coefficient (Wildman–Crippen LogP) is 1.50. The van der Waals surface area contributed by atoms with Crippen molar-refractivity contribution in [1.29, 1.82) is 0 Å². The van der Waals surface area contributed by atoms with Crippen LogP contribution in [-0.2, 0) is 6.54 Å². The largest absolute Gasteiger partial charge is 0.395 e. The maximum Gasteiger partial charge on any atom is 0.0589 e. The molecule has 0 spiro atoms. The zero-order valence-corrected chi connectivity index (χ0v) is 8.84. The number of hydrogen-bond acceptors (Lipinski definition) is 2. The molecule has 2 fully saturated rings. The summed E-state index contributed by atoms with van der Waals surface area (Å²) < 4.78 is 0. The Labute approximate surface area is 90.5 Å². The second-order valence-electron chi connectivity index (χ2n) is 4.82. The van der Waals surface area contributed by atoms with Crippen molar-refractivity contribution in [3.8, 4) is 0 Å². The quantitative estimate of drug-likeness (QED) is 0.804. The molecule has 3 rings (SSSR count). The molecule has 1 saturated carbocycles. The van der Waals surface area contributed by atoms with E-state index in [2.05, 4.69) is 35.2 Å². The maximum atomic E-state index is 9.37. The smallest absolute Gasteiger partial charge is 0.0589 e. The summed E-state index contributed by atoms with van der Waals surface area (Å²) in [5.74, 6) is 1.67. The van der Waals surface area contributed by atoms with E-state index in [9.17, 15) is 5.11 Å². The van der Waals surface area contributed by atoms with Crippen molar-refractivity contribution >= 4 is 0 Å². The zero-order valence-electron chi connectivity index (χ0n) is 8.84. The van der Waals surface area contributed by atoms with E-state index in [1.54, 1.807) is 0 Å². The second kappa shape index (κ2) is 3.62. The summed E-state index contributed by atoms with van der Waals surface area (Å²) in [7, 11) is 0. The molecule has 0 amide bonds. The van der Waals surface area contributed by atoms with E-state index in [0.29, 0.717) is 12.6 Å². The Kier molecular flexibility index (Phi) is 2.26. The van der Waals surface area contributed by atoms with Crippen molar-refractivity contribution in [3.63, 3.8) is 0 Å². The summed E-state index contributed by atoms with van der Waals surface area (Å²) in [5, 5.41) is 9.37. The van der Waals surface area contributed by atoms with Crippen LogP contribution >= 0.6 is 0 Å². The number of benzene rings is 1. The van der Waals surface area contributed by atoms with E-state index in [0.717, 1.165) is 18.4 Å². The van der Waals surface area contributed by atoms with Gasteiger partial charge in [0.05, 0.1) is 6.61 Å². The highest BCUT2D eigenvalue weighted by atomic mass is 16.3. The van der Waals surface area contributed by atoms with Crippen LogP contribution in [0, 0.1) is 11.8 Å². The minimum atomic E-state index is 0.327. The van der Waals surface area contributed by atoms with Gasteiger partial charge in [-0.1, -0.05) is 30.3 Å². The lowest BCUT2D eigenvalue weighted by Crippen LogP contribution is -2.35. The molecule has 3 unspecified atom stereocenters. The average Bonchev–Trinajstić information content (AvgIpc) is 2.93. The molecule has 1 aromatic rings. The van der Waals surface area contributed by atoms with Gasteiger partial charge in [-0.2, -0.15) is 0 Å². The summed E-state index contributed by atoms with van der Waals surface area (Å²) in [5.41, 5.74) is 1.36. The molecule has 1 N–H and O–H groups in total. The third-order valence-corrected chi connectivity index (χ3v) is 3.83. The number of hydrogen-bond donors (Lipinski definition) is 1. The fourth-order valence-corrected chi connectivity index (χ4v) is 2.91. The van der Waals surface area contributed by atoms with Crippen LogP contribution < -0.4 is 0 Å². The first-order valence-electron chi connectivity index (χ1n) is 5.77. The molecule has 2 nitrogen and oxygen atoms in total. The number of aliphatic hydroxyl groups is 1. The van der Waals surface area contributed by atoms with Crippen molar-refractivity contribution < 1.29 is 5.11 Å². The Morgan fingerprint density at radius 2 is 2.07 bits per heavy atom. The van der Waals surface area contributed by atoms with Gasteiger partial charge < -0.3 is 5.11 Å². The third kappa shape index (κ3) is 1.68. The van der Waals surface area contributed by atoms with Crippen LogP contribution in [0.5, 0.6) is 0 Å². The first kappa shape index (κ1) is 9.37. The minimum absolute atomic E-state index is 0.327. The molecule has 1 heterocycles. The lowest BCUT2D eigenvalue weighted by atomic mass is 10.1. The third-order valence-electron chi connectivity index (χ3n) is 3.83. The minimum Gasteiger partial charge on any atom is -0.395 e. The zero-order chi connectivity index (χ0) is 10.3. The van der Waals surface area contributed by atoms with Crippen LogP contribution in [0.4, 0.5) is 0 Å². The average molecular weight is 203 g/mol. The molecule has 0 bridgehead atoms. The van der Waals surface area contributed by atoms with Gasteiger partial charge in [0.2, 0.25) is 0 Å². The Balaban J connectivity index is 1.69. The summed E-state index contributed by atoms with van der Waals surface area (Å²) in [6.07, 6.45) is 1.34. The van der Waals surface area contributed by atoms with E-state index >= 15 is 0 Å². The monoisotopic (exact) mass is 203 g/mol. The first-order valence-corrected chi connectivity index (χ1v) is 5.77. The normalized spacial score (nSPS) is 34.1. The van der Waals surface area contributed by atoms with Crippen molar-refractivity contribution in [2.75, 3.05) is 13.2 Å². The van der Waals surface area contributed by atoms with Crippen molar-refractivity contribution in [1.82, 2.24) is 4.90 Å². The molecule has 1 saturated heterocycles. The molecular weight excluding hydrogens is 186 g/mol. The molecule has 1 aliphatic carbocycles. The number of rotatable bonds is 3. The van der Waals surface area contributed by atoms with Crippen LogP contribution in [0.1, 0.15) is 12.0 Å². The number of fused-ring (bicyclic) bond motifs is 1. The van der Waals surface area contributed by atoms with Gasteiger partial charge in [-0.15, -0.1) is 0 Å². The highest BCUT2D eigenvalue weighted by Gasteiger charge is 2.51. The van der Waals surface area contributed by atoms with Gasteiger partial charge >= 0.3 is 0 Å². The molecule has 2 heteroatoms. The molecular formula is C13H17NO. The molecule has 2 aliphatic rings. The summed E-state index contributed by atoms with van der Waals surface area (Å²) in [6.45, 7) is 2.51. The Hall–Kier alpha value is -0.860. The summed E-state index contributed by atoms with van der Waals surface area (Å²) in [6, 6.07) is 11.0. The topological polar surface area (TPSA) is 23.5 Å². The van der Waals surface area contributed by atoms with E-state index in [1.165, 1.54) is 18.5 Å². The first-order chi connectivity index (χ1) is 7.38. The molecule has 1 aromatic carbocycles. The Morgan fingerprint density at radius 1 is 1.27 bits per heavy atom. The predicted molar refractivity (Wildman–Crippen MR) is 59.3 cm³/mol. The van der Waals surface area contributed by atoms with Crippen LogP contribution in [0.25, 0.3) is 0 Å². The van der Waals surface area contributed by atoms with Crippen molar-refractivity contribution in [2.45, 2.75) is 19.0 Å². The SMILES string of the molecule is OCC1C2CC2CN1Cc1ccccc1. The summed E-state index contributed by atoms with van der Waals surface area (Å²) in [4.78, 5) is 2.44. The number of piperidine rings is 1. The standard InChI is InChI=1S/C13H17NO/c15-9-13-12-6-11(12)8-14(13)7-10-4-2-1-3-5-10/h1-5,11-13,15H,6-9H2. The van der Waals surface area contributed by atoms with E-state index in [1.807, 2.05) is 0 Å². The van der Waals surface area contributed by atoms with Crippen LogP contribution in [0.2, 0.25) is 0 Å². The number of likely N-dealkylation sites (tertiary alicyclic amines) is 1. The molecule has 0 aromatic heterocycles.